The van der Waals surface area contributed by atoms with E-state index in [2.05, 4.69) is 14.4 Å². The van der Waals surface area contributed by atoms with Crippen LogP contribution in [0.15, 0.2) is 0 Å². The van der Waals surface area contributed by atoms with Crippen LogP contribution in [0.5, 0.6) is 0 Å². The average Bonchev–Trinajstić information content (AvgIpc) is 3.57. The lowest BCUT2D eigenvalue weighted by Gasteiger charge is -2.45. The summed E-state index contributed by atoms with van der Waals surface area (Å²) in [5.41, 5.74) is 0. The van der Waals surface area contributed by atoms with E-state index in [0.29, 0.717) is 44.3 Å². The van der Waals surface area contributed by atoms with Crippen LogP contribution >= 0.6 is 19.6 Å². The molecule has 0 aromatic rings. The molecule has 1 saturated carbocycles. The molecule has 3 aliphatic heterocycles. The molecule has 1 aliphatic carbocycles. The van der Waals surface area contributed by atoms with Gasteiger partial charge in [-0.2, -0.15) is 19.2 Å². The maximum atomic E-state index is 12.8. The van der Waals surface area contributed by atoms with Crippen LogP contribution in [0.1, 0.15) is 84.5 Å². The zero-order chi connectivity index (χ0) is 51.0. The van der Waals surface area contributed by atoms with Crippen LogP contribution in [-0.2, 0) is 70.9 Å². The minimum absolute atomic E-state index is 0.0524. The molecule has 0 aromatic carbocycles. The number of phosphoric ester groups is 1. The van der Waals surface area contributed by atoms with Gasteiger partial charge >= 0.3 is 12.3 Å². The van der Waals surface area contributed by atoms with Gasteiger partial charge in [0.05, 0.1) is 43.9 Å². The first-order valence-corrected chi connectivity index (χ1v) is 24.9. The fourth-order valence-electron chi connectivity index (χ4n) is 7.80. The lowest BCUT2D eigenvalue weighted by Crippen LogP contribution is -2.61. The van der Waals surface area contributed by atoms with E-state index in [4.69, 9.17) is 42.9 Å². The topological polar surface area (TPSA) is 381 Å². The normalized spacial score (nSPS) is 33.5. The third-order valence-corrected chi connectivity index (χ3v) is 14.2. The van der Waals surface area contributed by atoms with Crippen molar-refractivity contribution in [3.05, 3.63) is 0 Å². The Kier molecular flexibility index (Phi) is 29.2. The zero-order valence-corrected chi connectivity index (χ0v) is 40.1. The van der Waals surface area contributed by atoms with Gasteiger partial charge in [-0.3, -0.25) is 23.8 Å². The molecule has 68 heavy (non-hydrogen) atoms. The molecule has 3 heterocycles. The van der Waals surface area contributed by atoms with Gasteiger partial charge < -0.3 is 78.7 Å². The van der Waals surface area contributed by atoms with E-state index in [1.54, 1.807) is 0 Å². The number of aliphatic hydroxyl groups excluding tert-OH is 7. The van der Waals surface area contributed by atoms with Crippen molar-refractivity contribution in [1.82, 2.24) is 10.2 Å². The molecule has 27 heteroatoms. The van der Waals surface area contributed by atoms with E-state index in [0.717, 1.165) is 26.4 Å². The number of phosphoric acid groups is 1. The summed E-state index contributed by atoms with van der Waals surface area (Å²) < 4.78 is 49.3. The maximum Gasteiger partial charge on any atom is 0.373 e. The average molecular weight is 1020 g/mol. The molecule has 4 fully saturated rings. The largest absolute Gasteiger partial charge is 0.756 e. The molecule has 3 saturated heterocycles. The van der Waals surface area contributed by atoms with E-state index >= 15 is 0 Å². The lowest BCUT2D eigenvalue weighted by atomic mass is 9.78. The number of nitrogens with zero attached hydrogens (tertiary/aromatic N) is 1. The molecule has 16 atom stereocenters. The monoisotopic (exact) mass is 1020 g/mol. The summed E-state index contributed by atoms with van der Waals surface area (Å²) in [6, 6.07) is 0. The summed E-state index contributed by atoms with van der Waals surface area (Å²) in [6.45, 7) is 3.51. The van der Waals surface area contributed by atoms with Crippen molar-refractivity contribution >= 4 is 49.6 Å². The molecule has 0 radical (unpaired) electrons. The Labute approximate surface area is 398 Å². The Balaban J connectivity index is 0.00000251. The second-order valence-electron chi connectivity index (χ2n) is 16.7. The molecule has 0 spiro atoms. The Morgan fingerprint density at radius 1 is 0.794 bits per heavy atom. The highest BCUT2D eigenvalue weighted by Gasteiger charge is 2.48. The van der Waals surface area contributed by atoms with Crippen molar-refractivity contribution in [3.8, 4) is 0 Å². The van der Waals surface area contributed by atoms with Crippen molar-refractivity contribution in [2.45, 2.75) is 163 Å². The number of amides is 3. The molecular weight excluding hydrogens is 951 g/mol. The van der Waals surface area contributed by atoms with Gasteiger partial charge in [0.1, 0.15) is 48.8 Å². The minimum Gasteiger partial charge on any atom is -0.756 e. The van der Waals surface area contributed by atoms with Crippen LogP contribution in [0, 0.1) is 11.8 Å². The zero-order valence-electron chi connectivity index (χ0n) is 38.4. The Bertz CT molecular complexity index is 1610. The molecule has 392 valence electrons. The molecule has 4 rings (SSSR count). The number of carbonyl (C=O) groups excluding carboxylic acids is 7. The number of aliphatic hydroxyl groups is 7. The number of likely N-dealkylation sites (tertiary alicyclic amines) is 1. The highest BCUT2D eigenvalue weighted by Crippen LogP contribution is 2.38. The summed E-state index contributed by atoms with van der Waals surface area (Å²) >= 11 is 1.45. The van der Waals surface area contributed by atoms with Crippen molar-refractivity contribution in [2.75, 3.05) is 52.4 Å². The van der Waals surface area contributed by atoms with Gasteiger partial charge in [-0.15, -0.1) is 11.8 Å². The Hall–Kier alpha value is -2.65. The van der Waals surface area contributed by atoms with Crippen LogP contribution in [0.3, 0.4) is 0 Å². The molecule has 3 amide bonds. The number of nitrogens with one attached hydrogen (secondary N) is 1. The number of hydrogen-bond donors (Lipinski definition) is 8. The van der Waals surface area contributed by atoms with E-state index in [-0.39, 0.29) is 87.6 Å². The molecule has 8 N–H and O–H groups in total. The number of imide groups is 1. The van der Waals surface area contributed by atoms with Gasteiger partial charge in [-0.25, -0.2) is 0 Å². The summed E-state index contributed by atoms with van der Waals surface area (Å²) in [5.74, 6) is 0.398. The number of thioether (sulfide) groups is 1. The van der Waals surface area contributed by atoms with Gasteiger partial charge in [0.2, 0.25) is 17.7 Å². The molecule has 4 aliphatic rings. The molecule has 25 nitrogen and oxygen atoms in total. The van der Waals surface area contributed by atoms with E-state index in [1.807, 2.05) is 13.8 Å². The van der Waals surface area contributed by atoms with E-state index < -0.39 is 93.3 Å². The van der Waals surface area contributed by atoms with Crippen LogP contribution in [-0.4, -0.2) is 202 Å². The number of carbonyl (C=O) groups is 3. The van der Waals surface area contributed by atoms with Gasteiger partial charge in [-0.1, -0.05) is 33.1 Å². The fourth-order valence-corrected chi connectivity index (χ4v) is 9.44. The SMILES string of the molecule is COP(=O)([O-])OCCCCCCSC1CC(=O)N(CCCCCC(=O)NCCO[C@H]2OC(CO[C@H]3CC(C)[C@@H](C)CC3O[C@H]3OC(CO)[C@@H](O)[C@H](O)C3O)[C@@H](O)[C@H](O)C2O)C1=O.O=C=O.O=C=O. The highest BCUT2D eigenvalue weighted by molar-refractivity contribution is 8.00. The summed E-state index contributed by atoms with van der Waals surface area (Å²) in [5, 5.41) is 74.7. The highest BCUT2D eigenvalue weighted by atomic mass is 32.2. The second-order valence-corrected chi connectivity index (χ2v) is 19.5. The van der Waals surface area contributed by atoms with Crippen LogP contribution in [0.25, 0.3) is 0 Å². The third-order valence-electron chi connectivity index (χ3n) is 11.9. The predicted octanol–water partition coefficient (Wildman–Crippen LogP) is -2.49. The van der Waals surface area contributed by atoms with Gasteiger partial charge in [0, 0.05) is 33.0 Å². The second kappa shape index (κ2) is 32.3. The first kappa shape index (κ1) is 61.5. The first-order chi connectivity index (χ1) is 32.3. The quantitative estimate of drug-likeness (QED) is 0.0252. The van der Waals surface area contributed by atoms with Gasteiger partial charge in [0.25, 0.3) is 7.82 Å². The number of unbranched alkanes of at least 4 members (excludes halogenated alkanes) is 5. The number of rotatable bonds is 26. The van der Waals surface area contributed by atoms with Crippen molar-refractivity contribution in [2.24, 2.45) is 11.8 Å². The maximum absolute atomic E-state index is 12.8. The summed E-state index contributed by atoms with van der Waals surface area (Å²) in [7, 11) is -3.17. The minimum atomic E-state index is -4.21. The van der Waals surface area contributed by atoms with Gasteiger partial charge in [0.15, 0.2) is 12.6 Å². The third kappa shape index (κ3) is 20.2. The number of hydrogen-bond acceptors (Lipinski definition) is 24. The van der Waals surface area contributed by atoms with Crippen molar-refractivity contribution < 1.29 is 111 Å². The van der Waals surface area contributed by atoms with Gasteiger partial charge in [-0.05, 0) is 56.1 Å². The van der Waals surface area contributed by atoms with E-state index in [1.165, 1.54) is 16.7 Å². The van der Waals surface area contributed by atoms with Crippen LogP contribution in [0.4, 0.5) is 0 Å². The molecule has 0 aromatic heterocycles. The number of ether oxygens (including phenoxy) is 5. The molecule has 8 unspecified atom stereocenters. The first-order valence-electron chi connectivity index (χ1n) is 22.4. The van der Waals surface area contributed by atoms with Crippen LogP contribution in [0.2, 0.25) is 0 Å². The van der Waals surface area contributed by atoms with Crippen molar-refractivity contribution in [3.63, 3.8) is 0 Å². The van der Waals surface area contributed by atoms with Crippen molar-refractivity contribution in [1.29, 1.82) is 0 Å². The smallest absolute Gasteiger partial charge is 0.373 e. The van der Waals surface area contributed by atoms with Crippen LogP contribution < -0.4 is 10.2 Å². The predicted molar refractivity (Wildman–Crippen MR) is 227 cm³/mol. The van der Waals surface area contributed by atoms with E-state index in [9.17, 15) is 59.6 Å². The molecular formula is C41H68N2O23PS-. The summed E-state index contributed by atoms with van der Waals surface area (Å²) in [6.07, 6.45) is -9.34. The standard InChI is InChI=1S/C39H69N2O19PS.2CO2/c1-22-17-24(25(18-23(22)2)58-39-36(50)33(47)31(45)26(20-42)59-39)56-21-27-32(46)34(48)35(49)38(60-27)55-15-12-40-29(43)11-7-6-8-13-41-30(44)19-28(37(41)51)62-16-10-5-4-9-14-57-61(52,53)54-3;2*2-1-3/h22-28,31-36,38-39,42,45-50H,4-21H2,1-3H3,(H,40,43)(H,52,53);;/p-1/t22?,23-,24-,25?,26?,27?,28?,31+,32+,33-,34-,35?,36?,38-,39-;;/m0../s1. The summed E-state index contributed by atoms with van der Waals surface area (Å²) in [4.78, 5) is 82.7. The molecule has 0 bridgehead atoms. The Morgan fingerprint density at radius 3 is 2.00 bits per heavy atom. The lowest BCUT2D eigenvalue weighted by molar-refractivity contribution is -0.327. The fraction of sp³-hybridized carbons (Fsp3) is 0.878. The Morgan fingerprint density at radius 2 is 1.37 bits per heavy atom.